The Kier molecular flexibility index (Phi) is 5.89. The summed E-state index contributed by atoms with van der Waals surface area (Å²) in [5.74, 6) is 1.18. The van der Waals surface area contributed by atoms with Crippen LogP contribution in [0.5, 0.6) is 5.75 Å². The Morgan fingerprint density at radius 2 is 2.07 bits per heavy atom. The minimum absolute atomic E-state index is 0.217. The minimum atomic E-state index is -0.217. The number of carbonyl (C=O) groups is 1. The topological polar surface area (TPSA) is 94.4 Å². The van der Waals surface area contributed by atoms with Gasteiger partial charge in [0.1, 0.15) is 11.4 Å². The fourth-order valence-corrected chi connectivity index (χ4v) is 3.26. The molecule has 2 aromatic heterocycles. The molecule has 3 heterocycles. The van der Waals surface area contributed by atoms with Crippen LogP contribution in [0.25, 0.3) is 11.3 Å². The van der Waals surface area contributed by atoms with Crippen LogP contribution in [0.15, 0.2) is 42.6 Å². The van der Waals surface area contributed by atoms with Crippen molar-refractivity contribution in [3.63, 3.8) is 0 Å². The van der Waals surface area contributed by atoms with Crippen molar-refractivity contribution in [3.8, 4) is 17.0 Å². The van der Waals surface area contributed by atoms with Gasteiger partial charge in [-0.1, -0.05) is 12.1 Å². The first-order valence-corrected chi connectivity index (χ1v) is 9.75. The van der Waals surface area contributed by atoms with Crippen LogP contribution in [-0.2, 0) is 18.3 Å². The fraction of sp³-hybridized carbons (Fsp3) is 0.333. The molecule has 0 saturated carbocycles. The van der Waals surface area contributed by atoms with E-state index in [1.54, 1.807) is 37.2 Å². The van der Waals surface area contributed by atoms with Crippen molar-refractivity contribution >= 4 is 11.9 Å². The second kappa shape index (κ2) is 8.91. The van der Waals surface area contributed by atoms with Crippen LogP contribution in [0.2, 0.25) is 0 Å². The summed E-state index contributed by atoms with van der Waals surface area (Å²) in [6.07, 6.45) is 1.71. The van der Waals surface area contributed by atoms with Gasteiger partial charge < -0.3 is 19.7 Å². The Balaban J connectivity index is 1.44. The minimum Gasteiger partial charge on any atom is -0.497 e. The number of benzene rings is 1. The number of anilines is 1. The van der Waals surface area contributed by atoms with Crippen molar-refractivity contribution in [2.24, 2.45) is 7.05 Å². The molecule has 9 nitrogen and oxygen atoms in total. The third-order valence-corrected chi connectivity index (χ3v) is 4.90. The van der Waals surface area contributed by atoms with E-state index in [-0.39, 0.29) is 5.91 Å². The van der Waals surface area contributed by atoms with E-state index < -0.39 is 0 Å². The number of methoxy groups -OCH3 is 1. The van der Waals surface area contributed by atoms with Crippen molar-refractivity contribution in [3.05, 3.63) is 54.0 Å². The number of amides is 1. The van der Waals surface area contributed by atoms with E-state index in [1.165, 1.54) is 0 Å². The molecule has 1 amide bonds. The van der Waals surface area contributed by atoms with Gasteiger partial charge in [-0.05, 0) is 24.3 Å². The highest BCUT2D eigenvalue weighted by molar-refractivity contribution is 5.93. The maximum Gasteiger partial charge on any atom is 0.269 e. The summed E-state index contributed by atoms with van der Waals surface area (Å²) in [6.45, 7) is 3.16. The molecule has 1 aliphatic heterocycles. The Bertz CT molecular complexity index is 1030. The molecule has 1 N–H and O–H groups in total. The molecule has 156 valence electrons. The van der Waals surface area contributed by atoms with Gasteiger partial charge in [-0.2, -0.15) is 5.10 Å². The average molecular weight is 408 g/mol. The first kappa shape index (κ1) is 19.8. The van der Waals surface area contributed by atoms with Crippen LogP contribution in [0.1, 0.15) is 16.2 Å². The standard InChI is InChI=1S/C21H24N6O3/c1-26-19(13-18(25-26)15-4-3-5-17(12-15)29-2)20(28)23-14-16-6-7-22-21(24-16)27-8-10-30-11-9-27/h3-7,12-13H,8-11,14H2,1-2H3,(H,23,28). The smallest absolute Gasteiger partial charge is 0.269 e. The Hall–Kier alpha value is -3.46. The maximum absolute atomic E-state index is 12.7. The Morgan fingerprint density at radius 1 is 1.23 bits per heavy atom. The van der Waals surface area contributed by atoms with Gasteiger partial charge in [0.15, 0.2) is 0 Å². The number of nitrogens with zero attached hydrogens (tertiary/aromatic N) is 5. The third-order valence-electron chi connectivity index (χ3n) is 4.90. The summed E-state index contributed by atoms with van der Waals surface area (Å²) in [6, 6.07) is 11.1. The molecule has 30 heavy (non-hydrogen) atoms. The molecule has 4 rings (SSSR count). The molecule has 1 fully saturated rings. The van der Waals surface area contributed by atoms with Gasteiger partial charge in [0.25, 0.3) is 5.91 Å². The van der Waals surface area contributed by atoms with Crippen LogP contribution in [0, 0.1) is 0 Å². The number of hydrogen-bond donors (Lipinski definition) is 1. The molecule has 3 aromatic rings. The van der Waals surface area contributed by atoms with Crippen molar-refractivity contribution < 1.29 is 14.3 Å². The average Bonchev–Trinajstić information content (AvgIpc) is 3.20. The summed E-state index contributed by atoms with van der Waals surface area (Å²) in [7, 11) is 3.37. The van der Waals surface area contributed by atoms with Crippen LogP contribution < -0.4 is 15.0 Å². The highest BCUT2D eigenvalue weighted by Crippen LogP contribution is 2.23. The third kappa shape index (κ3) is 4.41. The molecular formula is C21H24N6O3. The molecule has 0 aliphatic carbocycles. The molecule has 0 unspecified atom stereocenters. The van der Waals surface area contributed by atoms with Crippen molar-refractivity contribution in [2.45, 2.75) is 6.54 Å². The lowest BCUT2D eigenvalue weighted by Crippen LogP contribution is -2.37. The van der Waals surface area contributed by atoms with E-state index >= 15 is 0 Å². The SMILES string of the molecule is COc1cccc(-c2cc(C(=O)NCc3ccnc(N4CCOCC4)n3)n(C)n2)c1. The number of aryl methyl sites for hydroxylation is 1. The Morgan fingerprint density at radius 3 is 2.87 bits per heavy atom. The first-order chi connectivity index (χ1) is 14.6. The number of ether oxygens (including phenoxy) is 2. The quantitative estimate of drug-likeness (QED) is 0.663. The van der Waals surface area contributed by atoms with Crippen LogP contribution in [-0.4, -0.2) is 59.1 Å². The van der Waals surface area contributed by atoms with Crippen LogP contribution in [0.4, 0.5) is 5.95 Å². The molecular weight excluding hydrogens is 384 g/mol. The van der Waals surface area contributed by atoms with Gasteiger partial charge in [0.05, 0.1) is 38.3 Å². The first-order valence-electron chi connectivity index (χ1n) is 9.75. The summed E-state index contributed by atoms with van der Waals surface area (Å²) < 4.78 is 12.2. The van der Waals surface area contributed by atoms with E-state index in [0.717, 1.165) is 30.1 Å². The zero-order chi connectivity index (χ0) is 20.9. The molecule has 0 radical (unpaired) electrons. The second-order valence-electron chi connectivity index (χ2n) is 6.90. The van der Waals surface area contributed by atoms with Crippen molar-refractivity contribution in [2.75, 3.05) is 38.3 Å². The highest BCUT2D eigenvalue weighted by Gasteiger charge is 2.16. The molecule has 1 saturated heterocycles. The molecule has 0 atom stereocenters. The van der Waals surface area contributed by atoms with Gasteiger partial charge >= 0.3 is 0 Å². The van der Waals surface area contributed by atoms with E-state index in [1.807, 2.05) is 24.3 Å². The number of rotatable bonds is 6. The van der Waals surface area contributed by atoms with E-state index in [2.05, 4.69) is 25.3 Å². The van der Waals surface area contributed by atoms with E-state index in [0.29, 0.717) is 37.1 Å². The maximum atomic E-state index is 12.7. The predicted octanol–water partition coefficient (Wildman–Crippen LogP) is 1.65. The molecule has 1 aromatic carbocycles. The number of nitrogens with one attached hydrogen (secondary N) is 1. The molecule has 0 spiro atoms. The van der Waals surface area contributed by atoms with Gasteiger partial charge in [-0.3, -0.25) is 9.48 Å². The lowest BCUT2D eigenvalue weighted by Gasteiger charge is -2.26. The number of hydrogen-bond acceptors (Lipinski definition) is 7. The lowest BCUT2D eigenvalue weighted by atomic mass is 10.1. The lowest BCUT2D eigenvalue weighted by molar-refractivity contribution is 0.0941. The highest BCUT2D eigenvalue weighted by atomic mass is 16.5. The predicted molar refractivity (Wildman–Crippen MR) is 111 cm³/mol. The normalized spacial score (nSPS) is 13.9. The van der Waals surface area contributed by atoms with Crippen molar-refractivity contribution in [1.29, 1.82) is 0 Å². The van der Waals surface area contributed by atoms with Crippen LogP contribution >= 0.6 is 0 Å². The summed E-state index contributed by atoms with van der Waals surface area (Å²) in [5, 5.41) is 7.38. The largest absolute Gasteiger partial charge is 0.497 e. The van der Waals surface area contributed by atoms with Gasteiger partial charge in [-0.25, -0.2) is 9.97 Å². The molecule has 9 heteroatoms. The van der Waals surface area contributed by atoms with Gasteiger partial charge in [0.2, 0.25) is 5.95 Å². The fourth-order valence-electron chi connectivity index (χ4n) is 3.26. The zero-order valence-electron chi connectivity index (χ0n) is 17.0. The van der Waals surface area contributed by atoms with Crippen LogP contribution in [0.3, 0.4) is 0 Å². The summed E-state index contributed by atoms with van der Waals surface area (Å²) >= 11 is 0. The number of morpholine rings is 1. The van der Waals surface area contributed by atoms with E-state index in [9.17, 15) is 4.79 Å². The van der Waals surface area contributed by atoms with E-state index in [4.69, 9.17) is 9.47 Å². The molecule has 1 aliphatic rings. The second-order valence-corrected chi connectivity index (χ2v) is 6.90. The van der Waals surface area contributed by atoms with Gasteiger partial charge in [0, 0.05) is 31.9 Å². The zero-order valence-corrected chi connectivity index (χ0v) is 17.0. The van der Waals surface area contributed by atoms with Gasteiger partial charge in [-0.15, -0.1) is 0 Å². The summed E-state index contributed by atoms with van der Waals surface area (Å²) in [4.78, 5) is 23.7. The number of aromatic nitrogens is 4. The molecule has 0 bridgehead atoms. The van der Waals surface area contributed by atoms with Crippen molar-refractivity contribution in [1.82, 2.24) is 25.1 Å². The summed E-state index contributed by atoms with van der Waals surface area (Å²) in [5.41, 5.74) is 2.80. The Labute approximate surface area is 174 Å². The number of carbonyl (C=O) groups excluding carboxylic acids is 1. The monoisotopic (exact) mass is 408 g/mol.